The highest BCUT2D eigenvalue weighted by Gasteiger charge is 2.25. The van der Waals surface area contributed by atoms with Gasteiger partial charge in [-0.2, -0.15) is 5.26 Å². The lowest BCUT2D eigenvalue weighted by atomic mass is 10.0. The second-order valence-corrected chi connectivity index (χ2v) is 8.20. The molecule has 4 rings (SSSR count). The van der Waals surface area contributed by atoms with Gasteiger partial charge in [-0.05, 0) is 42.0 Å². The largest absolute Gasteiger partial charge is 0.255 e. The van der Waals surface area contributed by atoms with E-state index >= 15 is 0 Å². The van der Waals surface area contributed by atoms with Gasteiger partial charge in [-0.3, -0.25) is 4.98 Å². The minimum atomic E-state index is -4.14. The van der Waals surface area contributed by atoms with Crippen LogP contribution < -0.4 is 0 Å². The number of pyridine rings is 1. The highest BCUT2D eigenvalue weighted by molar-refractivity contribution is 7.91. The first-order valence-electron chi connectivity index (χ1n) is 8.50. The summed E-state index contributed by atoms with van der Waals surface area (Å²) >= 11 is 0. The Morgan fingerprint density at radius 3 is 2.38 bits per heavy atom. The molecule has 1 aromatic heterocycles. The molecule has 4 nitrogen and oxygen atoms in total. The average molecular weight is 406 g/mol. The van der Waals surface area contributed by atoms with Gasteiger partial charge in [-0.1, -0.05) is 30.3 Å². The van der Waals surface area contributed by atoms with Gasteiger partial charge in [0.2, 0.25) is 9.84 Å². The Morgan fingerprint density at radius 1 is 0.931 bits per heavy atom. The van der Waals surface area contributed by atoms with Crippen LogP contribution in [0.4, 0.5) is 8.78 Å². The molecule has 0 aliphatic heterocycles. The second-order valence-electron chi connectivity index (χ2n) is 6.28. The number of rotatable bonds is 3. The third kappa shape index (κ3) is 3.24. The third-order valence-corrected chi connectivity index (χ3v) is 6.29. The van der Waals surface area contributed by atoms with E-state index in [-0.39, 0.29) is 15.4 Å². The van der Waals surface area contributed by atoms with Crippen LogP contribution in [-0.2, 0) is 9.84 Å². The number of halogens is 2. The summed E-state index contributed by atoms with van der Waals surface area (Å²) in [4.78, 5) is 3.91. The molecule has 1 heterocycles. The van der Waals surface area contributed by atoms with Crippen molar-refractivity contribution in [3.05, 3.63) is 90.1 Å². The third-order valence-electron chi connectivity index (χ3n) is 4.53. The maximum Gasteiger partial charge on any atom is 0.208 e. The SMILES string of the molecule is N#Cc1cc(S(=O)(=O)c2cnc3ccccc3c2-c2ccc(F)cc2)ccc1F. The van der Waals surface area contributed by atoms with E-state index in [9.17, 15) is 17.2 Å². The predicted molar refractivity (Wildman–Crippen MR) is 104 cm³/mol. The van der Waals surface area contributed by atoms with Crippen molar-refractivity contribution in [1.29, 1.82) is 5.26 Å². The smallest absolute Gasteiger partial charge is 0.208 e. The Labute approximate surface area is 165 Å². The number of sulfone groups is 1. The number of nitriles is 1. The zero-order chi connectivity index (χ0) is 20.6. The van der Waals surface area contributed by atoms with E-state index in [1.54, 1.807) is 30.3 Å². The summed E-state index contributed by atoms with van der Waals surface area (Å²) < 4.78 is 53.9. The van der Waals surface area contributed by atoms with E-state index in [0.717, 1.165) is 18.2 Å². The van der Waals surface area contributed by atoms with Gasteiger partial charge in [-0.15, -0.1) is 0 Å². The molecule has 0 unspecified atom stereocenters. The van der Waals surface area contributed by atoms with Gasteiger partial charge in [0.25, 0.3) is 0 Å². The number of benzene rings is 3. The molecule has 0 spiro atoms. The van der Waals surface area contributed by atoms with Gasteiger partial charge in [0, 0.05) is 17.1 Å². The van der Waals surface area contributed by atoms with Crippen LogP contribution in [0.1, 0.15) is 5.56 Å². The van der Waals surface area contributed by atoms with Crippen LogP contribution in [-0.4, -0.2) is 13.4 Å². The van der Waals surface area contributed by atoms with Crippen LogP contribution in [0, 0.1) is 23.0 Å². The topological polar surface area (TPSA) is 70.8 Å². The first kappa shape index (κ1) is 18.7. The summed E-state index contributed by atoms with van der Waals surface area (Å²) in [6.45, 7) is 0. The van der Waals surface area contributed by atoms with E-state index in [1.807, 2.05) is 0 Å². The van der Waals surface area contributed by atoms with Gasteiger partial charge < -0.3 is 0 Å². The molecular weight excluding hydrogens is 394 g/mol. The molecule has 0 amide bonds. The maximum atomic E-state index is 13.7. The Hall–Kier alpha value is -3.63. The zero-order valence-corrected chi connectivity index (χ0v) is 15.6. The quantitative estimate of drug-likeness (QED) is 0.455. The van der Waals surface area contributed by atoms with Gasteiger partial charge in [0.05, 0.1) is 20.9 Å². The minimum Gasteiger partial charge on any atom is -0.255 e. The first-order valence-corrected chi connectivity index (χ1v) is 9.98. The summed E-state index contributed by atoms with van der Waals surface area (Å²) in [5.41, 5.74) is 1.05. The van der Waals surface area contributed by atoms with Crippen molar-refractivity contribution in [1.82, 2.24) is 4.98 Å². The maximum absolute atomic E-state index is 13.7. The highest BCUT2D eigenvalue weighted by Crippen LogP contribution is 2.36. The van der Waals surface area contributed by atoms with Crippen molar-refractivity contribution < 1.29 is 17.2 Å². The molecule has 142 valence electrons. The van der Waals surface area contributed by atoms with Crippen molar-refractivity contribution >= 4 is 20.7 Å². The minimum absolute atomic E-state index is 0.113. The fraction of sp³-hybridized carbons (Fsp3) is 0. The Morgan fingerprint density at radius 2 is 1.66 bits per heavy atom. The molecule has 4 aromatic rings. The molecule has 0 saturated heterocycles. The van der Waals surface area contributed by atoms with Crippen LogP contribution in [0.25, 0.3) is 22.0 Å². The number of hydrogen-bond donors (Lipinski definition) is 0. The van der Waals surface area contributed by atoms with Gasteiger partial charge in [0.15, 0.2) is 0 Å². The summed E-state index contributed by atoms with van der Waals surface area (Å²) in [6, 6.07) is 17.1. The predicted octanol–water partition coefficient (Wildman–Crippen LogP) is 4.88. The van der Waals surface area contributed by atoms with E-state index in [1.165, 1.54) is 30.5 Å². The lowest BCUT2D eigenvalue weighted by Crippen LogP contribution is -2.06. The van der Waals surface area contributed by atoms with E-state index in [2.05, 4.69) is 4.98 Å². The molecule has 0 saturated carbocycles. The molecule has 0 atom stereocenters. The molecule has 3 aromatic carbocycles. The monoisotopic (exact) mass is 406 g/mol. The molecule has 29 heavy (non-hydrogen) atoms. The van der Waals surface area contributed by atoms with E-state index < -0.39 is 21.5 Å². The Kier molecular flexibility index (Phi) is 4.57. The highest BCUT2D eigenvalue weighted by atomic mass is 32.2. The molecule has 0 N–H and O–H groups in total. The summed E-state index contributed by atoms with van der Waals surface area (Å²) in [5, 5.41) is 9.62. The van der Waals surface area contributed by atoms with Crippen LogP contribution in [0.3, 0.4) is 0 Å². The Balaban J connectivity index is 2.05. The van der Waals surface area contributed by atoms with Crippen molar-refractivity contribution in [2.24, 2.45) is 0 Å². The fourth-order valence-electron chi connectivity index (χ4n) is 3.13. The number of hydrogen-bond acceptors (Lipinski definition) is 4. The van der Waals surface area contributed by atoms with Gasteiger partial charge >= 0.3 is 0 Å². The molecule has 0 bridgehead atoms. The molecule has 0 aliphatic rings. The molecule has 0 aliphatic carbocycles. The standard InChI is InChI=1S/C22H12F2N2O2S/c23-16-7-5-14(6-8-16)22-18-3-1-2-4-20(18)26-13-21(22)29(27,28)17-9-10-19(24)15(11-17)12-25/h1-11,13H. The van der Waals surface area contributed by atoms with Crippen LogP contribution >= 0.6 is 0 Å². The molecule has 0 fully saturated rings. The second kappa shape index (κ2) is 7.08. The summed E-state index contributed by atoms with van der Waals surface area (Å²) in [5.74, 6) is -1.25. The number of nitrogens with zero attached hydrogens (tertiary/aromatic N) is 2. The summed E-state index contributed by atoms with van der Waals surface area (Å²) in [6.07, 6.45) is 1.23. The van der Waals surface area contributed by atoms with Crippen LogP contribution in [0.15, 0.2) is 82.7 Å². The van der Waals surface area contributed by atoms with Crippen molar-refractivity contribution in [3.8, 4) is 17.2 Å². The number of para-hydroxylation sites is 1. The molecular formula is C22H12F2N2O2S. The average Bonchev–Trinajstić information content (AvgIpc) is 2.73. The summed E-state index contributed by atoms with van der Waals surface area (Å²) in [7, 11) is -4.14. The molecule has 7 heteroatoms. The lowest BCUT2D eigenvalue weighted by Gasteiger charge is -2.14. The van der Waals surface area contributed by atoms with Gasteiger partial charge in [0.1, 0.15) is 17.7 Å². The van der Waals surface area contributed by atoms with Crippen LogP contribution in [0.2, 0.25) is 0 Å². The van der Waals surface area contributed by atoms with E-state index in [0.29, 0.717) is 22.0 Å². The van der Waals surface area contributed by atoms with Crippen molar-refractivity contribution in [2.75, 3.05) is 0 Å². The van der Waals surface area contributed by atoms with Gasteiger partial charge in [-0.25, -0.2) is 17.2 Å². The van der Waals surface area contributed by atoms with Crippen molar-refractivity contribution in [2.45, 2.75) is 9.79 Å². The Bertz CT molecular complexity index is 1390. The van der Waals surface area contributed by atoms with Crippen molar-refractivity contribution in [3.63, 3.8) is 0 Å². The normalized spacial score (nSPS) is 11.3. The fourth-order valence-corrected chi connectivity index (χ4v) is 4.59. The zero-order valence-electron chi connectivity index (χ0n) is 14.8. The number of fused-ring (bicyclic) bond motifs is 1. The lowest BCUT2D eigenvalue weighted by molar-refractivity contribution is 0.594. The van der Waals surface area contributed by atoms with E-state index in [4.69, 9.17) is 5.26 Å². The first-order chi connectivity index (χ1) is 13.9. The number of aromatic nitrogens is 1. The van der Waals surface area contributed by atoms with Crippen LogP contribution in [0.5, 0.6) is 0 Å². The molecule has 0 radical (unpaired) electrons.